The number of hydrogen-bond donors (Lipinski definition) is 1. The molecule has 36 heavy (non-hydrogen) atoms. The van der Waals surface area contributed by atoms with Gasteiger partial charge in [0.05, 0.1) is 28.1 Å². The lowest BCUT2D eigenvalue weighted by Gasteiger charge is -2.36. The van der Waals surface area contributed by atoms with Crippen LogP contribution in [0, 0.1) is 17.0 Å². The number of hydrogen-bond acceptors (Lipinski definition) is 6. The molecule has 3 heterocycles. The molecule has 0 radical (unpaired) electrons. The van der Waals surface area contributed by atoms with E-state index in [1.165, 1.54) is 12.1 Å². The number of amides is 1. The molecule has 0 spiro atoms. The topological polar surface area (TPSA) is 96.5 Å². The van der Waals surface area contributed by atoms with Crippen molar-refractivity contribution in [1.29, 1.82) is 0 Å². The highest BCUT2D eigenvalue weighted by molar-refractivity contribution is 6.31. The number of rotatable bonds is 5. The number of carbonyl (C=O) groups is 1. The van der Waals surface area contributed by atoms with Crippen LogP contribution < -0.4 is 10.2 Å². The van der Waals surface area contributed by atoms with Gasteiger partial charge in [-0.05, 0) is 62.7 Å². The number of piperazine rings is 1. The molecule has 1 amide bonds. The number of nitro groups is 1. The fourth-order valence-electron chi connectivity index (χ4n) is 5.15. The molecule has 0 aliphatic carbocycles. The lowest BCUT2D eigenvalue weighted by atomic mass is 9.91. The van der Waals surface area contributed by atoms with Gasteiger partial charge in [-0.3, -0.25) is 14.9 Å². The summed E-state index contributed by atoms with van der Waals surface area (Å²) in [5.41, 5.74) is 4.46. The number of nitro benzene ring substituents is 1. The van der Waals surface area contributed by atoms with Crippen molar-refractivity contribution in [3.63, 3.8) is 0 Å². The second-order valence-corrected chi connectivity index (χ2v) is 9.72. The van der Waals surface area contributed by atoms with E-state index in [0.717, 1.165) is 48.6 Å². The highest BCUT2D eigenvalue weighted by Crippen LogP contribution is 2.33. The molecule has 0 bridgehead atoms. The molecule has 2 aliphatic heterocycles. The Morgan fingerprint density at radius 1 is 1.08 bits per heavy atom. The summed E-state index contributed by atoms with van der Waals surface area (Å²) in [6.07, 6.45) is 3.60. The SMILES string of the molecule is Cc1c(Cl)cccc1-n1ncc(C(=O)N2CCN(c3ccc([N+](=O)[O-])cc3)CC2)c1C1CCNCC1. The molecule has 9 nitrogen and oxygen atoms in total. The van der Waals surface area contributed by atoms with Gasteiger partial charge in [0.1, 0.15) is 0 Å². The van der Waals surface area contributed by atoms with E-state index in [0.29, 0.717) is 36.8 Å². The third kappa shape index (κ3) is 4.68. The average molecular weight is 509 g/mol. The first-order valence-corrected chi connectivity index (χ1v) is 12.6. The van der Waals surface area contributed by atoms with Crippen LogP contribution in [0.4, 0.5) is 11.4 Å². The number of anilines is 1. The number of piperidine rings is 1. The molecule has 3 aromatic rings. The number of nitrogens with one attached hydrogen (secondary N) is 1. The highest BCUT2D eigenvalue weighted by atomic mass is 35.5. The maximum Gasteiger partial charge on any atom is 0.269 e. The number of nitrogens with zero attached hydrogens (tertiary/aromatic N) is 5. The van der Waals surface area contributed by atoms with Crippen LogP contribution >= 0.6 is 11.6 Å². The van der Waals surface area contributed by atoms with E-state index in [9.17, 15) is 14.9 Å². The standard InChI is InChI=1S/C26H29ClN6O3/c1-18-23(27)3-2-4-24(18)32-25(19-9-11-28-12-10-19)22(17-29-32)26(34)31-15-13-30(14-16-31)20-5-7-21(8-6-20)33(35)36/h2-8,17,19,28H,9-16H2,1H3. The van der Waals surface area contributed by atoms with Gasteiger partial charge >= 0.3 is 0 Å². The molecule has 2 aliphatic rings. The minimum absolute atomic E-state index is 0.00202. The van der Waals surface area contributed by atoms with Crippen molar-refractivity contribution in [2.45, 2.75) is 25.7 Å². The van der Waals surface area contributed by atoms with Gasteiger partial charge in [-0.2, -0.15) is 5.10 Å². The van der Waals surface area contributed by atoms with Gasteiger partial charge in [0.15, 0.2) is 0 Å². The molecule has 0 unspecified atom stereocenters. The second kappa shape index (κ2) is 10.3. The minimum atomic E-state index is -0.397. The van der Waals surface area contributed by atoms with Crippen molar-refractivity contribution < 1.29 is 9.72 Å². The molecular formula is C26H29ClN6O3. The van der Waals surface area contributed by atoms with Gasteiger partial charge in [0, 0.05) is 54.9 Å². The normalized spacial score (nSPS) is 16.8. The monoisotopic (exact) mass is 508 g/mol. The van der Waals surface area contributed by atoms with E-state index in [4.69, 9.17) is 11.6 Å². The number of halogens is 1. The Balaban J connectivity index is 1.38. The molecule has 10 heteroatoms. The fraction of sp³-hybridized carbons (Fsp3) is 0.385. The zero-order chi connectivity index (χ0) is 25.2. The van der Waals surface area contributed by atoms with Crippen LogP contribution in [0.3, 0.4) is 0 Å². The minimum Gasteiger partial charge on any atom is -0.368 e. The van der Waals surface area contributed by atoms with Gasteiger partial charge in [0.25, 0.3) is 11.6 Å². The maximum atomic E-state index is 13.8. The number of benzene rings is 2. The van der Waals surface area contributed by atoms with Gasteiger partial charge in [-0.1, -0.05) is 17.7 Å². The third-order valence-corrected chi connectivity index (χ3v) is 7.63. The summed E-state index contributed by atoms with van der Waals surface area (Å²) in [6, 6.07) is 12.3. The molecule has 0 saturated carbocycles. The largest absolute Gasteiger partial charge is 0.368 e. The molecule has 2 aromatic carbocycles. The first-order valence-electron chi connectivity index (χ1n) is 12.3. The van der Waals surface area contributed by atoms with E-state index in [1.54, 1.807) is 18.3 Å². The van der Waals surface area contributed by atoms with Crippen LogP contribution in [0.1, 0.15) is 40.4 Å². The summed E-state index contributed by atoms with van der Waals surface area (Å²) < 4.78 is 1.91. The van der Waals surface area contributed by atoms with E-state index in [1.807, 2.05) is 34.7 Å². The first kappa shape index (κ1) is 24.3. The summed E-state index contributed by atoms with van der Waals surface area (Å²) in [4.78, 5) is 28.3. The molecule has 2 saturated heterocycles. The summed E-state index contributed by atoms with van der Waals surface area (Å²) in [7, 11) is 0. The van der Waals surface area contributed by atoms with Crippen molar-refractivity contribution in [2.75, 3.05) is 44.2 Å². The Hall–Kier alpha value is -3.43. The van der Waals surface area contributed by atoms with E-state index >= 15 is 0 Å². The van der Waals surface area contributed by atoms with Crippen LogP contribution in [0.25, 0.3) is 5.69 Å². The zero-order valence-electron chi connectivity index (χ0n) is 20.2. The van der Waals surface area contributed by atoms with Crippen molar-refractivity contribution in [3.8, 4) is 5.69 Å². The summed E-state index contributed by atoms with van der Waals surface area (Å²) in [5, 5.41) is 19.7. The summed E-state index contributed by atoms with van der Waals surface area (Å²) >= 11 is 6.42. The van der Waals surface area contributed by atoms with Crippen LogP contribution in [0.5, 0.6) is 0 Å². The van der Waals surface area contributed by atoms with Gasteiger partial charge in [-0.15, -0.1) is 0 Å². The number of carbonyl (C=O) groups excluding carboxylic acids is 1. The molecule has 188 valence electrons. The first-order chi connectivity index (χ1) is 17.4. The zero-order valence-corrected chi connectivity index (χ0v) is 20.9. The van der Waals surface area contributed by atoms with Crippen LogP contribution in [0.15, 0.2) is 48.7 Å². The lowest BCUT2D eigenvalue weighted by molar-refractivity contribution is -0.384. The highest BCUT2D eigenvalue weighted by Gasteiger charge is 2.31. The molecule has 5 rings (SSSR count). The Bertz CT molecular complexity index is 1260. The van der Waals surface area contributed by atoms with Crippen molar-refractivity contribution in [1.82, 2.24) is 20.0 Å². The summed E-state index contributed by atoms with van der Waals surface area (Å²) in [6.45, 7) is 6.26. The quantitative estimate of drug-likeness (QED) is 0.410. The number of aromatic nitrogens is 2. The smallest absolute Gasteiger partial charge is 0.269 e. The number of non-ortho nitro benzene ring substituents is 1. The fourth-order valence-corrected chi connectivity index (χ4v) is 5.32. The molecule has 0 atom stereocenters. The molecule has 1 N–H and O–H groups in total. The van der Waals surface area contributed by atoms with Gasteiger partial charge in [0.2, 0.25) is 0 Å². The predicted molar refractivity (Wildman–Crippen MR) is 139 cm³/mol. The Labute approximate surface area is 214 Å². The maximum absolute atomic E-state index is 13.8. The third-order valence-electron chi connectivity index (χ3n) is 7.22. The van der Waals surface area contributed by atoms with Gasteiger partial charge < -0.3 is 15.1 Å². The van der Waals surface area contributed by atoms with Crippen LogP contribution in [-0.4, -0.2) is 64.8 Å². The van der Waals surface area contributed by atoms with E-state index < -0.39 is 4.92 Å². The molecule has 1 aromatic heterocycles. The van der Waals surface area contributed by atoms with Crippen molar-refractivity contribution >= 4 is 28.9 Å². The van der Waals surface area contributed by atoms with Crippen LogP contribution in [0.2, 0.25) is 5.02 Å². The Kier molecular flexibility index (Phi) is 6.93. The Morgan fingerprint density at radius 3 is 2.44 bits per heavy atom. The molecule has 2 fully saturated rings. The van der Waals surface area contributed by atoms with Crippen LogP contribution in [-0.2, 0) is 0 Å². The van der Waals surface area contributed by atoms with Gasteiger partial charge in [-0.25, -0.2) is 4.68 Å². The predicted octanol–water partition coefficient (Wildman–Crippen LogP) is 4.17. The van der Waals surface area contributed by atoms with Crippen molar-refractivity contribution in [2.24, 2.45) is 0 Å². The van der Waals surface area contributed by atoms with Crippen molar-refractivity contribution in [3.05, 3.63) is 80.6 Å². The van der Waals surface area contributed by atoms with E-state index in [-0.39, 0.29) is 17.5 Å². The molecular weight excluding hydrogens is 480 g/mol. The average Bonchev–Trinajstić information content (AvgIpc) is 3.35. The lowest BCUT2D eigenvalue weighted by Crippen LogP contribution is -2.49. The second-order valence-electron chi connectivity index (χ2n) is 9.32. The van der Waals surface area contributed by atoms with E-state index in [2.05, 4.69) is 15.3 Å². The Morgan fingerprint density at radius 2 is 1.78 bits per heavy atom. The summed E-state index contributed by atoms with van der Waals surface area (Å²) in [5.74, 6) is 0.227.